The highest BCUT2D eigenvalue weighted by Gasteiger charge is 2.03. The number of halogens is 1. The maximum Gasteiger partial charge on any atom is 0.0991 e. The molecule has 18 heavy (non-hydrogen) atoms. The zero-order valence-corrected chi connectivity index (χ0v) is 11.6. The number of nitrogens with zero attached hydrogens (tertiary/aromatic N) is 3. The fraction of sp³-hybridized carbons (Fsp3) is 0.143. The lowest BCUT2D eigenvalue weighted by molar-refractivity contribution is 0.884. The van der Waals surface area contributed by atoms with Gasteiger partial charge in [0, 0.05) is 23.4 Å². The van der Waals surface area contributed by atoms with Gasteiger partial charge in [-0.25, -0.2) is 0 Å². The van der Waals surface area contributed by atoms with Gasteiger partial charge in [0.2, 0.25) is 0 Å². The maximum absolute atomic E-state index is 8.75. The van der Waals surface area contributed by atoms with Gasteiger partial charge in [-0.2, -0.15) is 5.26 Å². The molecule has 0 aliphatic rings. The van der Waals surface area contributed by atoms with Crippen molar-refractivity contribution in [2.45, 2.75) is 6.54 Å². The second kappa shape index (κ2) is 5.65. The summed E-state index contributed by atoms with van der Waals surface area (Å²) in [5, 5.41) is 8.75. The van der Waals surface area contributed by atoms with Crippen molar-refractivity contribution in [2.24, 2.45) is 0 Å². The number of aromatic nitrogens is 1. The summed E-state index contributed by atoms with van der Waals surface area (Å²) < 4.78 is 0.979. The number of anilines is 1. The van der Waals surface area contributed by atoms with Crippen molar-refractivity contribution in [2.75, 3.05) is 11.9 Å². The molecule has 1 aromatic heterocycles. The van der Waals surface area contributed by atoms with Crippen LogP contribution in [0.25, 0.3) is 0 Å². The summed E-state index contributed by atoms with van der Waals surface area (Å²) in [7, 11) is 2.01. The minimum Gasteiger partial charge on any atom is -0.369 e. The highest BCUT2D eigenvalue weighted by atomic mass is 79.9. The van der Waals surface area contributed by atoms with Crippen molar-refractivity contribution in [3.8, 4) is 6.07 Å². The SMILES string of the molecule is CN(Cc1ccc(Br)cn1)c1ccc(C#N)cc1. The highest BCUT2D eigenvalue weighted by Crippen LogP contribution is 2.16. The summed E-state index contributed by atoms with van der Waals surface area (Å²) in [6.07, 6.45) is 1.79. The molecule has 90 valence electrons. The lowest BCUT2D eigenvalue weighted by Crippen LogP contribution is -2.16. The predicted molar refractivity (Wildman–Crippen MR) is 75.2 cm³/mol. The van der Waals surface area contributed by atoms with Crippen LogP contribution in [0, 0.1) is 11.3 Å². The van der Waals surface area contributed by atoms with Crippen molar-refractivity contribution in [3.05, 3.63) is 58.3 Å². The van der Waals surface area contributed by atoms with Gasteiger partial charge in [0.05, 0.1) is 23.9 Å². The van der Waals surface area contributed by atoms with Gasteiger partial charge in [-0.05, 0) is 52.3 Å². The molecule has 0 saturated heterocycles. The molecule has 0 saturated carbocycles. The van der Waals surface area contributed by atoms with Crippen molar-refractivity contribution >= 4 is 21.6 Å². The lowest BCUT2D eigenvalue weighted by atomic mass is 10.2. The van der Waals surface area contributed by atoms with E-state index >= 15 is 0 Å². The summed E-state index contributed by atoms with van der Waals surface area (Å²) in [6.45, 7) is 0.735. The smallest absolute Gasteiger partial charge is 0.0991 e. The highest BCUT2D eigenvalue weighted by molar-refractivity contribution is 9.10. The Balaban J connectivity index is 2.09. The maximum atomic E-state index is 8.75. The second-order valence-corrected chi connectivity index (χ2v) is 4.90. The van der Waals surface area contributed by atoms with E-state index in [4.69, 9.17) is 5.26 Å². The van der Waals surface area contributed by atoms with Crippen molar-refractivity contribution < 1.29 is 0 Å². The molecule has 1 heterocycles. The van der Waals surface area contributed by atoms with Gasteiger partial charge in [-0.3, -0.25) is 4.98 Å². The van der Waals surface area contributed by atoms with Crippen LogP contribution in [-0.2, 0) is 6.54 Å². The Morgan fingerprint density at radius 3 is 2.50 bits per heavy atom. The molecule has 1 aromatic carbocycles. The number of benzene rings is 1. The van der Waals surface area contributed by atoms with Gasteiger partial charge in [-0.15, -0.1) is 0 Å². The molecular weight excluding hydrogens is 290 g/mol. The standard InChI is InChI=1S/C14H12BrN3/c1-18(10-13-5-4-12(15)9-17-13)14-6-2-11(8-16)3-7-14/h2-7,9H,10H2,1H3. The second-order valence-electron chi connectivity index (χ2n) is 3.98. The molecule has 0 unspecified atom stereocenters. The molecule has 0 spiro atoms. The first-order chi connectivity index (χ1) is 8.69. The molecular formula is C14H12BrN3. The van der Waals surface area contributed by atoms with Gasteiger partial charge in [0.1, 0.15) is 0 Å². The lowest BCUT2D eigenvalue weighted by Gasteiger charge is -2.18. The summed E-state index contributed by atoms with van der Waals surface area (Å²) in [5.74, 6) is 0. The molecule has 0 amide bonds. The molecule has 2 aromatic rings. The molecule has 4 heteroatoms. The Morgan fingerprint density at radius 2 is 1.94 bits per heavy atom. The van der Waals surface area contributed by atoms with E-state index in [2.05, 4.69) is 31.9 Å². The Morgan fingerprint density at radius 1 is 1.22 bits per heavy atom. The minimum atomic E-state index is 0.675. The first kappa shape index (κ1) is 12.6. The molecule has 0 N–H and O–H groups in total. The van der Waals surface area contributed by atoms with E-state index in [9.17, 15) is 0 Å². The van der Waals surface area contributed by atoms with Crippen LogP contribution in [-0.4, -0.2) is 12.0 Å². The van der Waals surface area contributed by atoms with Crippen molar-refractivity contribution in [1.29, 1.82) is 5.26 Å². The summed E-state index contributed by atoms with van der Waals surface area (Å²) >= 11 is 3.37. The molecule has 2 rings (SSSR count). The van der Waals surface area contributed by atoms with Gasteiger partial charge in [0.15, 0.2) is 0 Å². The average molecular weight is 302 g/mol. The fourth-order valence-corrected chi connectivity index (χ4v) is 1.86. The predicted octanol–water partition coefficient (Wildman–Crippen LogP) is 3.35. The number of pyridine rings is 1. The van der Waals surface area contributed by atoms with E-state index in [0.717, 1.165) is 22.4 Å². The molecule has 3 nitrogen and oxygen atoms in total. The van der Waals surface area contributed by atoms with Crippen LogP contribution < -0.4 is 4.90 Å². The quantitative estimate of drug-likeness (QED) is 0.873. The summed E-state index contributed by atoms with van der Waals surface area (Å²) in [5.41, 5.74) is 2.75. The Hall–Kier alpha value is -1.86. The summed E-state index contributed by atoms with van der Waals surface area (Å²) in [6, 6.07) is 13.6. The van der Waals surface area contributed by atoms with Crippen LogP contribution in [0.15, 0.2) is 47.1 Å². The normalized spacial score (nSPS) is 9.83. The van der Waals surface area contributed by atoms with Crippen LogP contribution >= 0.6 is 15.9 Å². The summed E-state index contributed by atoms with van der Waals surface area (Å²) in [4.78, 5) is 6.43. The van der Waals surface area contributed by atoms with Crippen molar-refractivity contribution in [3.63, 3.8) is 0 Å². The number of hydrogen-bond donors (Lipinski definition) is 0. The van der Waals surface area contributed by atoms with E-state index < -0.39 is 0 Å². The van der Waals surface area contributed by atoms with Gasteiger partial charge >= 0.3 is 0 Å². The molecule has 0 atom stereocenters. The first-order valence-corrected chi connectivity index (χ1v) is 6.30. The molecule has 0 aliphatic heterocycles. The van der Waals surface area contributed by atoms with E-state index in [-0.39, 0.29) is 0 Å². The average Bonchev–Trinajstić information content (AvgIpc) is 2.41. The van der Waals surface area contributed by atoms with E-state index in [1.807, 2.05) is 43.4 Å². The molecule has 0 aliphatic carbocycles. The Kier molecular flexibility index (Phi) is 3.96. The third-order valence-corrected chi connectivity index (χ3v) is 3.09. The zero-order chi connectivity index (χ0) is 13.0. The van der Waals surface area contributed by atoms with Crippen molar-refractivity contribution in [1.82, 2.24) is 4.98 Å². The zero-order valence-electron chi connectivity index (χ0n) is 9.97. The third kappa shape index (κ3) is 3.08. The van der Waals surface area contributed by atoms with E-state index in [1.165, 1.54) is 0 Å². The Labute approximate surface area is 115 Å². The monoisotopic (exact) mass is 301 g/mol. The third-order valence-electron chi connectivity index (χ3n) is 2.62. The van der Waals surface area contributed by atoms with Crippen LogP contribution in [0.1, 0.15) is 11.3 Å². The topological polar surface area (TPSA) is 39.9 Å². The van der Waals surface area contributed by atoms with Crippen LogP contribution in [0.3, 0.4) is 0 Å². The van der Waals surface area contributed by atoms with Crippen LogP contribution in [0.5, 0.6) is 0 Å². The van der Waals surface area contributed by atoms with Gasteiger partial charge < -0.3 is 4.90 Å². The number of rotatable bonds is 3. The first-order valence-electron chi connectivity index (χ1n) is 5.51. The Bertz CT molecular complexity index is 555. The molecule has 0 bridgehead atoms. The number of nitriles is 1. The largest absolute Gasteiger partial charge is 0.369 e. The van der Waals surface area contributed by atoms with Crippen LogP contribution in [0.2, 0.25) is 0 Å². The minimum absolute atomic E-state index is 0.675. The molecule has 0 fully saturated rings. The fourth-order valence-electron chi connectivity index (χ4n) is 1.62. The molecule has 0 radical (unpaired) electrons. The van der Waals surface area contributed by atoms with Crippen LogP contribution in [0.4, 0.5) is 5.69 Å². The van der Waals surface area contributed by atoms with E-state index in [0.29, 0.717) is 5.56 Å². The van der Waals surface area contributed by atoms with Gasteiger partial charge in [0.25, 0.3) is 0 Å². The van der Waals surface area contributed by atoms with Gasteiger partial charge in [-0.1, -0.05) is 0 Å². The number of hydrogen-bond acceptors (Lipinski definition) is 3. The van der Waals surface area contributed by atoms with E-state index in [1.54, 1.807) is 6.20 Å².